The zero-order valence-corrected chi connectivity index (χ0v) is 14.8. The fourth-order valence-electron chi connectivity index (χ4n) is 2.92. The van der Waals surface area contributed by atoms with Crippen molar-refractivity contribution in [2.45, 2.75) is 6.10 Å². The van der Waals surface area contributed by atoms with E-state index in [0.717, 1.165) is 5.69 Å². The van der Waals surface area contributed by atoms with Gasteiger partial charge < -0.3 is 19.6 Å². The molecule has 1 aliphatic rings. The number of anilines is 1. The summed E-state index contributed by atoms with van der Waals surface area (Å²) < 4.78 is 6.36. The molecule has 0 bridgehead atoms. The minimum atomic E-state index is -1.20. The van der Waals surface area contributed by atoms with Crippen molar-refractivity contribution >= 4 is 11.6 Å². The minimum absolute atomic E-state index is 0.170. The highest BCUT2D eigenvalue weighted by atomic mass is 16.5. The van der Waals surface area contributed by atoms with E-state index in [1.807, 2.05) is 4.90 Å². The van der Waals surface area contributed by atoms with Crippen LogP contribution in [0.2, 0.25) is 0 Å². The summed E-state index contributed by atoms with van der Waals surface area (Å²) in [5.74, 6) is 0.349. The van der Waals surface area contributed by atoms with E-state index in [9.17, 15) is 14.7 Å². The van der Waals surface area contributed by atoms with Crippen LogP contribution in [0.4, 0.5) is 5.69 Å². The monoisotopic (exact) mass is 358 g/mol. The predicted octanol–water partition coefficient (Wildman–Crippen LogP) is 0.171. The molecule has 1 fully saturated rings. The number of methoxy groups -OCH3 is 1. The van der Waals surface area contributed by atoms with Gasteiger partial charge in [-0.3, -0.25) is 9.59 Å². The van der Waals surface area contributed by atoms with Crippen LogP contribution in [0.5, 0.6) is 5.75 Å². The summed E-state index contributed by atoms with van der Waals surface area (Å²) >= 11 is 0. The number of aliphatic hydroxyl groups excluding tert-OH is 1. The number of carbonyl (C=O) groups excluding carboxylic acids is 1. The Bertz CT molecular complexity index is 826. The van der Waals surface area contributed by atoms with Gasteiger partial charge in [-0.2, -0.15) is 5.10 Å². The topological polar surface area (TPSA) is 87.9 Å². The van der Waals surface area contributed by atoms with E-state index in [1.165, 1.54) is 10.7 Å². The third-order valence-corrected chi connectivity index (χ3v) is 4.58. The number of ether oxygens (including phenoxy) is 1. The van der Waals surface area contributed by atoms with E-state index in [2.05, 4.69) is 5.10 Å². The standard InChI is InChI=1S/C18H22N4O4/c1-20-16(23)11-14(12-19-20)21-7-9-22(10-8-21)18(25)17(24)13-3-5-15(26-2)6-4-13/h3-6,11-12,17,24H,7-10H2,1-2H3. The molecule has 1 amide bonds. The molecular formula is C18H22N4O4. The van der Waals surface area contributed by atoms with Crippen molar-refractivity contribution in [1.29, 1.82) is 0 Å². The second-order valence-electron chi connectivity index (χ2n) is 6.16. The number of aliphatic hydroxyl groups is 1. The number of carbonyl (C=O) groups is 1. The summed E-state index contributed by atoms with van der Waals surface area (Å²) in [7, 11) is 3.16. The van der Waals surface area contributed by atoms with Gasteiger partial charge in [-0.1, -0.05) is 12.1 Å². The lowest BCUT2D eigenvalue weighted by molar-refractivity contribution is -0.140. The molecule has 1 aromatic heterocycles. The third-order valence-electron chi connectivity index (χ3n) is 4.58. The van der Waals surface area contributed by atoms with Gasteiger partial charge in [0.2, 0.25) is 0 Å². The highest BCUT2D eigenvalue weighted by Crippen LogP contribution is 2.21. The molecule has 0 aliphatic carbocycles. The lowest BCUT2D eigenvalue weighted by Gasteiger charge is -2.36. The molecule has 0 spiro atoms. The van der Waals surface area contributed by atoms with Gasteiger partial charge in [0.15, 0.2) is 6.10 Å². The van der Waals surface area contributed by atoms with Crippen molar-refractivity contribution in [3.8, 4) is 5.75 Å². The molecule has 2 aromatic rings. The van der Waals surface area contributed by atoms with Crippen LogP contribution in [-0.4, -0.2) is 59.0 Å². The van der Waals surface area contributed by atoms with E-state index in [-0.39, 0.29) is 11.5 Å². The van der Waals surface area contributed by atoms with Crippen LogP contribution in [-0.2, 0) is 11.8 Å². The number of piperazine rings is 1. The van der Waals surface area contributed by atoms with Gasteiger partial charge in [0.25, 0.3) is 11.5 Å². The summed E-state index contributed by atoms with van der Waals surface area (Å²) in [6.45, 7) is 2.11. The molecule has 1 atom stereocenters. The van der Waals surface area contributed by atoms with Crippen LogP contribution >= 0.6 is 0 Å². The maximum absolute atomic E-state index is 12.6. The molecule has 8 nitrogen and oxygen atoms in total. The molecule has 0 radical (unpaired) electrons. The molecule has 26 heavy (non-hydrogen) atoms. The number of benzene rings is 1. The van der Waals surface area contributed by atoms with E-state index < -0.39 is 6.10 Å². The Balaban J connectivity index is 1.62. The largest absolute Gasteiger partial charge is 0.497 e. The molecule has 1 unspecified atom stereocenters. The maximum atomic E-state index is 12.6. The summed E-state index contributed by atoms with van der Waals surface area (Å²) in [4.78, 5) is 27.9. The van der Waals surface area contributed by atoms with Crippen LogP contribution in [0, 0.1) is 0 Å². The zero-order chi connectivity index (χ0) is 18.7. The van der Waals surface area contributed by atoms with Gasteiger partial charge in [-0.25, -0.2) is 4.68 Å². The fraction of sp³-hybridized carbons (Fsp3) is 0.389. The van der Waals surface area contributed by atoms with Crippen molar-refractivity contribution in [2.75, 3.05) is 38.2 Å². The second-order valence-corrected chi connectivity index (χ2v) is 6.16. The zero-order valence-electron chi connectivity index (χ0n) is 14.8. The Morgan fingerprint density at radius 3 is 2.42 bits per heavy atom. The van der Waals surface area contributed by atoms with Crippen LogP contribution in [0.1, 0.15) is 11.7 Å². The van der Waals surface area contributed by atoms with Crippen LogP contribution in [0.15, 0.2) is 41.3 Å². The Labute approximate surface area is 151 Å². The molecule has 1 saturated heterocycles. The number of nitrogens with zero attached hydrogens (tertiary/aromatic N) is 4. The lowest BCUT2D eigenvalue weighted by Crippen LogP contribution is -2.50. The SMILES string of the molecule is COc1ccc(C(O)C(=O)N2CCN(c3cnn(C)c(=O)c3)CC2)cc1. The van der Waals surface area contributed by atoms with E-state index >= 15 is 0 Å². The number of hydrogen-bond donors (Lipinski definition) is 1. The minimum Gasteiger partial charge on any atom is -0.497 e. The number of aryl methyl sites for hydroxylation is 1. The first-order valence-electron chi connectivity index (χ1n) is 8.38. The average Bonchev–Trinajstić information content (AvgIpc) is 2.69. The molecule has 3 rings (SSSR count). The third kappa shape index (κ3) is 3.70. The Hall–Kier alpha value is -2.87. The number of hydrogen-bond acceptors (Lipinski definition) is 6. The Morgan fingerprint density at radius 1 is 1.19 bits per heavy atom. The van der Waals surface area contributed by atoms with Crippen molar-refractivity contribution in [3.63, 3.8) is 0 Å². The van der Waals surface area contributed by atoms with Crippen molar-refractivity contribution in [2.24, 2.45) is 7.05 Å². The summed E-state index contributed by atoms with van der Waals surface area (Å²) in [6.07, 6.45) is 0.448. The van der Waals surface area contributed by atoms with Crippen LogP contribution in [0.25, 0.3) is 0 Å². The summed E-state index contributed by atoms with van der Waals surface area (Å²) in [6, 6.07) is 8.34. The highest BCUT2D eigenvalue weighted by molar-refractivity contribution is 5.82. The second kappa shape index (κ2) is 7.57. The lowest BCUT2D eigenvalue weighted by atomic mass is 10.1. The normalized spacial score (nSPS) is 15.7. The van der Waals surface area contributed by atoms with E-state index in [4.69, 9.17) is 4.74 Å². The van der Waals surface area contributed by atoms with Gasteiger partial charge >= 0.3 is 0 Å². The van der Waals surface area contributed by atoms with E-state index in [0.29, 0.717) is 37.5 Å². The molecule has 1 aromatic carbocycles. The first-order valence-corrected chi connectivity index (χ1v) is 8.38. The van der Waals surface area contributed by atoms with Crippen molar-refractivity contribution in [1.82, 2.24) is 14.7 Å². The molecule has 1 aliphatic heterocycles. The fourth-order valence-corrected chi connectivity index (χ4v) is 2.92. The van der Waals surface area contributed by atoms with Gasteiger partial charge in [-0.05, 0) is 17.7 Å². The van der Waals surface area contributed by atoms with Gasteiger partial charge in [0.05, 0.1) is 19.0 Å². The first kappa shape index (κ1) is 17.9. The van der Waals surface area contributed by atoms with Crippen molar-refractivity contribution in [3.05, 3.63) is 52.4 Å². The van der Waals surface area contributed by atoms with Gasteiger partial charge in [0, 0.05) is 39.3 Å². The first-order chi connectivity index (χ1) is 12.5. The van der Waals surface area contributed by atoms with Gasteiger partial charge in [-0.15, -0.1) is 0 Å². The maximum Gasteiger partial charge on any atom is 0.268 e. The quantitative estimate of drug-likeness (QED) is 0.838. The Morgan fingerprint density at radius 2 is 1.85 bits per heavy atom. The number of aromatic nitrogens is 2. The number of rotatable bonds is 4. The Kier molecular flexibility index (Phi) is 5.22. The molecule has 2 heterocycles. The highest BCUT2D eigenvalue weighted by Gasteiger charge is 2.27. The van der Waals surface area contributed by atoms with Crippen molar-refractivity contribution < 1.29 is 14.6 Å². The molecular weight excluding hydrogens is 336 g/mol. The molecule has 8 heteroatoms. The van der Waals surface area contributed by atoms with Crippen LogP contribution in [0.3, 0.4) is 0 Å². The molecule has 0 saturated carbocycles. The summed E-state index contributed by atoms with van der Waals surface area (Å²) in [5, 5.41) is 14.4. The summed E-state index contributed by atoms with van der Waals surface area (Å²) in [5.41, 5.74) is 1.11. The van der Waals surface area contributed by atoms with E-state index in [1.54, 1.807) is 49.5 Å². The average molecular weight is 358 g/mol. The van der Waals surface area contributed by atoms with Crippen LogP contribution < -0.4 is 15.2 Å². The predicted molar refractivity (Wildman–Crippen MR) is 96.2 cm³/mol. The molecule has 1 N–H and O–H groups in total. The number of amides is 1. The smallest absolute Gasteiger partial charge is 0.268 e. The molecule has 138 valence electrons. The van der Waals surface area contributed by atoms with Gasteiger partial charge in [0.1, 0.15) is 5.75 Å².